The van der Waals surface area contributed by atoms with Crippen molar-refractivity contribution >= 4 is 41.5 Å². The molecule has 3 aromatic rings. The number of phenols is 3. The number of thioether (sulfide) groups is 1. The Bertz CT molecular complexity index is 2450. The summed E-state index contributed by atoms with van der Waals surface area (Å²) in [4.78, 5) is 57.3. The number of nitrogens with one attached hydrogen (secondary N) is 4. The van der Waals surface area contributed by atoms with Gasteiger partial charge in [0, 0.05) is 58.1 Å². The smallest absolute Gasteiger partial charge is 0.407 e. The second-order valence-corrected chi connectivity index (χ2v) is 19.9. The highest BCUT2D eigenvalue weighted by Gasteiger charge is 2.15. The predicted molar refractivity (Wildman–Crippen MR) is 353 cm³/mol. The SMILES string of the molecule is CC(C)(C)OC(=O)NCCOCCN.CC/C=C\C/C=C\C/C=C\C/C=C\C/C=C\C/C=C\CSCC(=O)NCCOCCNC(=O)c1ccccc1O.COC(=O)c1ccccc1O.NCCOCCN.NCCOCCNC(=O)c1ccccc1O. The third-order valence-corrected chi connectivity index (χ3v) is 11.1. The molecule has 0 unspecified atom stereocenters. The number of rotatable bonds is 38. The molecule has 0 fully saturated rings. The first-order valence-corrected chi connectivity index (χ1v) is 30.5. The Balaban J connectivity index is 0. The van der Waals surface area contributed by atoms with Crippen molar-refractivity contribution in [3.8, 4) is 17.2 Å². The molecule has 0 spiro atoms. The molecular weight excluding hydrogens is 1150 g/mol. The van der Waals surface area contributed by atoms with E-state index in [0.717, 1.165) is 44.3 Å². The van der Waals surface area contributed by atoms with E-state index in [-0.39, 0.29) is 51.7 Å². The van der Waals surface area contributed by atoms with Crippen molar-refractivity contribution in [1.29, 1.82) is 0 Å². The summed E-state index contributed by atoms with van der Waals surface area (Å²) in [5.41, 5.74) is 20.9. The summed E-state index contributed by atoms with van der Waals surface area (Å²) in [5.74, 6) is -0.137. The number of carbonyl (C=O) groups excluding carboxylic acids is 5. The number of benzene rings is 3. The summed E-state index contributed by atoms with van der Waals surface area (Å²) in [6.07, 6.45) is 31.6. The van der Waals surface area contributed by atoms with Gasteiger partial charge in [0.1, 0.15) is 28.4 Å². The van der Waals surface area contributed by atoms with E-state index >= 15 is 0 Å². The maximum absolute atomic E-state index is 12.0. The number of phenolic OH excluding ortho intramolecular Hbond substituents is 3. The van der Waals surface area contributed by atoms with Crippen LogP contribution in [-0.2, 0) is 33.2 Å². The number of aromatic hydroxyl groups is 3. The number of ether oxygens (including phenoxy) is 6. The van der Waals surface area contributed by atoms with Gasteiger partial charge in [-0.2, -0.15) is 0 Å². The van der Waals surface area contributed by atoms with Crippen molar-refractivity contribution in [3.05, 3.63) is 162 Å². The van der Waals surface area contributed by atoms with E-state index in [1.54, 1.807) is 60.3 Å². The molecule has 0 saturated heterocycles. The van der Waals surface area contributed by atoms with E-state index < -0.39 is 17.7 Å². The molecule has 23 heteroatoms. The molecule has 0 heterocycles. The molecule has 492 valence electrons. The quantitative estimate of drug-likeness (QED) is 0.0151. The van der Waals surface area contributed by atoms with Gasteiger partial charge in [0.2, 0.25) is 5.91 Å². The number of allylic oxidation sites excluding steroid dienone is 11. The van der Waals surface area contributed by atoms with Gasteiger partial charge in [0.15, 0.2) is 0 Å². The summed E-state index contributed by atoms with van der Waals surface area (Å²) in [6, 6.07) is 19.0. The predicted octanol–water partition coefficient (Wildman–Crippen LogP) is 7.37. The lowest BCUT2D eigenvalue weighted by Gasteiger charge is -2.19. The van der Waals surface area contributed by atoms with Crippen LogP contribution in [0.15, 0.2) is 146 Å². The molecule has 0 saturated carbocycles. The van der Waals surface area contributed by atoms with Gasteiger partial charge >= 0.3 is 12.1 Å². The summed E-state index contributed by atoms with van der Waals surface area (Å²) in [5, 5.41) is 38.9. The molecule has 0 aromatic heterocycles. The zero-order valence-corrected chi connectivity index (χ0v) is 53.2. The second-order valence-electron chi connectivity index (χ2n) is 18.9. The van der Waals surface area contributed by atoms with Crippen molar-refractivity contribution in [3.63, 3.8) is 0 Å². The minimum absolute atomic E-state index is 0.0207. The highest BCUT2D eigenvalue weighted by molar-refractivity contribution is 8.00. The van der Waals surface area contributed by atoms with Crippen LogP contribution in [0.1, 0.15) is 97.3 Å². The number of carbonyl (C=O) groups is 5. The van der Waals surface area contributed by atoms with Crippen molar-refractivity contribution in [2.75, 3.05) is 124 Å². The highest BCUT2D eigenvalue weighted by Crippen LogP contribution is 2.17. The first-order chi connectivity index (χ1) is 42.5. The number of alkyl carbamates (subject to hydrolysis) is 1. The van der Waals surface area contributed by atoms with Gasteiger partial charge in [-0.3, -0.25) is 14.4 Å². The Morgan fingerprint density at radius 1 is 0.466 bits per heavy atom. The van der Waals surface area contributed by atoms with Crippen LogP contribution in [0, 0.1) is 0 Å². The standard InChI is InChI=1S/C33H46N2O4S.C11H16N2O3.C9H20N2O3.C8H8O3.C4H12N2O/c1-2-3-4-5-6-7-8-9-10-11-12-13-14-15-16-17-18-21-28-40-29-32(37)34-24-26-39-27-25-35-33(38)30-22-19-20-23-31(30)36;12-5-7-16-8-6-13-11(15)9-3-1-2-4-10(9)14;1-9(2,3)14-8(12)11-5-7-13-6-4-10;1-11-8(10)6-4-2-3-5-7(6)9;5-1-3-7-4-2-6/h3-4,6-7,9-10,12-13,15-16,18-23,36H,2,5,8,11,14,17,24-29H2,1H3,(H,34,37)(H,35,38);1-4,14H,5-8,12H2,(H,13,15);4-7,10H2,1-3H3,(H,11,12);2-5,9H,1H3;1-6H2/b4-3-,7-6-,10-9-,13-12-,16-15-,21-18-;;;;. The van der Waals surface area contributed by atoms with Gasteiger partial charge in [-0.1, -0.05) is 116 Å². The fraction of sp³-hybridized carbons (Fsp3) is 0.462. The summed E-state index contributed by atoms with van der Waals surface area (Å²) < 4.78 is 29.9. The number of esters is 1. The molecule has 0 radical (unpaired) electrons. The normalized spacial score (nSPS) is 11.1. The van der Waals surface area contributed by atoms with E-state index in [9.17, 15) is 34.2 Å². The summed E-state index contributed by atoms with van der Waals surface area (Å²) in [6.45, 7) is 15.1. The minimum atomic E-state index is -0.525. The molecule has 88 heavy (non-hydrogen) atoms. The molecule has 4 amide bonds. The monoisotopic (exact) mass is 1250 g/mol. The van der Waals surface area contributed by atoms with Gasteiger partial charge in [0.25, 0.3) is 11.8 Å². The molecule has 0 bridgehead atoms. The van der Waals surface area contributed by atoms with Gasteiger partial charge < -0.3 is 87.9 Å². The lowest BCUT2D eigenvalue weighted by atomic mass is 10.2. The van der Waals surface area contributed by atoms with Crippen LogP contribution in [0.25, 0.3) is 0 Å². The minimum Gasteiger partial charge on any atom is -0.507 e. The molecular formula is C65H102N8O14S. The number of methoxy groups -OCH3 is 1. The average Bonchev–Trinajstić information content (AvgIpc) is 3.16. The van der Waals surface area contributed by atoms with E-state index in [1.165, 1.54) is 31.4 Å². The number of para-hydroxylation sites is 3. The third kappa shape index (κ3) is 53.0. The van der Waals surface area contributed by atoms with Crippen LogP contribution < -0.4 is 44.2 Å². The Hall–Kier alpha value is -7.32. The molecule has 3 rings (SSSR count). The van der Waals surface area contributed by atoms with Crippen molar-refractivity contribution in [1.82, 2.24) is 21.3 Å². The number of hydrogen-bond acceptors (Lipinski definition) is 19. The number of hydrogen-bond donors (Lipinski definition) is 11. The number of amides is 4. The molecule has 0 aliphatic rings. The molecule has 15 N–H and O–H groups in total. The maximum Gasteiger partial charge on any atom is 0.407 e. The Labute approximate surface area is 526 Å². The van der Waals surface area contributed by atoms with Gasteiger partial charge in [-0.15, -0.1) is 11.8 Å². The van der Waals surface area contributed by atoms with Crippen molar-refractivity contribution < 1.29 is 67.7 Å². The second kappa shape index (κ2) is 60.0. The molecule has 0 aliphatic carbocycles. The maximum atomic E-state index is 12.0. The van der Waals surface area contributed by atoms with Gasteiger partial charge in [-0.25, -0.2) is 9.59 Å². The zero-order chi connectivity index (χ0) is 65.6. The van der Waals surface area contributed by atoms with Crippen LogP contribution in [0.5, 0.6) is 17.2 Å². The molecule has 22 nitrogen and oxygen atoms in total. The first-order valence-electron chi connectivity index (χ1n) is 29.3. The van der Waals surface area contributed by atoms with Crippen LogP contribution in [-0.4, -0.2) is 175 Å². The molecule has 0 aliphatic heterocycles. The molecule has 3 aromatic carbocycles. The van der Waals surface area contributed by atoms with Crippen LogP contribution >= 0.6 is 11.8 Å². The van der Waals surface area contributed by atoms with Crippen LogP contribution in [0.3, 0.4) is 0 Å². The zero-order valence-electron chi connectivity index (χ0n) is 52.4. The Kier molecular flexibility index (Phi) is 56.4. The summed E-state index contributed by atoms with van der Waals surface area (Å²) >= 11 is 1.57. The lowest BCUT2D eigenvalue weighted by Crippen LogP contribution is -2.34. The van der Waals surface area contributed by atoms with Crippen molar-refractivity contribution in [2.45, 2.75) is 71.8 Å². The number of nitrogens with two attached hydrogens (primary N) is 4. The topological polar surface area (TPSA) is 354 Å². The van der Waals surface area contributed by atoms with E-state index in [1.807, 2.05) is 20.8 Å². The average molecular weight is 1250 g/mol. The lowest BCUT2D eigenvalue weighted by molar-refractivity contribution is -0.118. The fourth-order valence-corrected chi connectivity index (χ4v) is 6.83. The molecule has 0 atom stereocenters. The Morgan fingerprint density at radius 2 is 0.795 bits per heavy atom. The van der Waals surface area contributed by atoms with E-state index in [0.29, 0.717) is 111 Å². The van der Waals surface area contributed by atoms with E-state index in [2.05, 4.69) is 106 Å². The van der Waals surface area contributed by atoms with Crippen LogP contribution in [0.4, 0.5) is 4.79 Å². The summed E-state index contributed by atoms with van der Waals surface area (Å²) in [7, 11) is 1.27. The fourth-order valence-electron chi connectivity index (χ4n) is 6.16. The highest BCUT2D eigenvalue weighted by atomic mass is 32.2. The van der Waals surface area contributed by atoms with Gasteiger partial charge in [-0.05, 0) is 95.7 Å². The van der Waals surface area contributed by atoms with Crippen LogP contribution in [0.2, 0.25) is 0 Å². The van der Waals surface area contributed by atoms with Gasteiger partial charge in [0.05, 0.1) is 76.8 Å². The van der Waals surface area contributed by atoms with E-state index in [4.69, 9.17) is 51.7 Å². The van der Waals surface area contributed by atoms with Crippen molar-refractivity contribution in [2.24, 2.45) is 22.9 Å². The largest absolute Gasteiger partial charge is 0.507 e. The Morgan fingerprint density at radius 3 is 1.16 bits per heavy atom. The first kappa shape index (κ1) is 82.7. The third-order valence-electron chi connectivity index (χ3n) is 10.2.